The second-order valence-electron chi connectivity index (χ2n) is 9.66. The number of rotatable bonds is 8. The standard InChI is InChI=1S/C26H32Cl2N2O4/c1-26(2,3)34-25(33)17-30(24(32)14-18-9-10-21(27)22(28)13-18)23(19-7-5-4-6-8-19)16-29-12-11-20(31)15-29/h4-10,13,20,23,31H,11-12,14-17H2,1-3H3/t20-,23+/m0/s1. The summed E-state index contributed by atoms with van der Waals surface area (Å²) >= 11 is 12.2. The molecule has 0 saturated carbocycles. The molecule has 2 aromatic carbocycles. The third-order valence-electron chi connectivity index (χ3n) is 5.62. The van der Waals surface area contributed by atoms with Crippen LogP contribution >= 0.6 is 23.2 Å². The number of ether oxygens (including phenoxy) is 1. The van der Waals surface area contributed by atoms with E-state index in [1.54, 1.807) is 43.9 Å². The van der Waals surface area contributed by atoms with Crippen LogP contribution in [-0.4, -0.2) is 64.7 Å². The molecule has 1 aliphatic heterocycles. The molecule has 3 rings (SSSR count). The molecule has 1 saturated heterocycles. The van der Waals surface area contributed by atoms with Crippen LogP contribution in [0.4, 0.5) is 0 Å². The highest BCUT2D eigenvalue weighted by atomic mass is 35.5. The van der Waals surface area contributed by atoms with Gasteiger partial charge in [-0.25, -0.2) is 0 Å². The zero-order chi connectivity index (χ0) is 24.9. The van der Waals surface area contributed by atoms with Gasteiger partial charge in [0.25, 0.3) is 0 Å². The van der Waals surface area contributed by atoms with Crippen LogP contribution < -0.4 is 0 Å². The molecule has 6 nitrogen and oxygen atoms in total. The average Bonchev–Trinajstić information content (AvgIpc) is 3.17. The number of benzene rings is 2. The maximum Gasteiger partial charge on any atom is 0.326 e. The van der Waals surface area contributed by atoms with E-state index in [2.05, 4.69) is 4.90 Å². The van der Waals surface area contributed by atoms with Crippen molar-refractivity contribution in [3.63, 3.8) is 0 Å². The smallest absolute Gasteiger partial charge is 0.326 e. The number of aliphatic hydroxyl groups excluding tert-OH is 1. The van der Waals surface area contributed by atoms with Gasteiger partial charge in [0, 0.05) is 19.6 Å². The maximum absolute atomic E-state index is 13.6. The zero-order valence-electron chi connectivity index (χ0n) is 19.8. The summed E-state index contributed by atoms with van der Waals surface area (Å²) in [4.78, 5) is 30.2. The van der Waals surface area contributed by atoms with Crippen LogP contribution in [0.15, 0.2) is 48.5 Å². The Labute approximate surface area is 211 Å². The highest BCUT2D eigenvalue weighted by Gasteiger charge is 2.32. The molecule has 2 aromatic rings. The Balaban J connectivity index is 1.92. The summed E-state index contributed by atoms with van der Waals surface area (Å²) in [6.07, 6.45) is 0.360. The number of nitrogens with zero attached hydrogens (tertiary/aromatic N) is 2. The van der Waals surface area contributed by atoms with Gasteiger partial charge in [-0.15, -0.1) is 0 Å². The third-order valence-corrected chi connectivity index (χ3v) is 6.36. The van der Waals surface area contributed by atoms with Crippen molar-refractivity contribution < 1.29 is 19.4 Å². The first kappa shape index (κ1) is 26.5. The highest BCUT2D eigenvalue weighted by molar-refractivity contribution is 6.42. The Bertz CT molecular complexity index is 994. The van der Waals surface area contributed by atoms with Crippen LogP contribution in [0, 0.1) is 0 Å². The minimum atomic E-state index is -0.670. The van der Waals surface area contributed by atoms with E-state index < -0.39 is 17.6 Å². The fraction of sp³-hybridized carbons (Fsp3) is 0.462. The molecular formula is C26H32Cl2N2O4. The van der Waals surface area contributed by atoms with Crippen LogP contribution in [0.2, 0.25) is 10.0 Å². The van der Waals surface area contributed by atoms with Crippen molar-refractivity contribution in [1.82, 2.24) is 9.80 Å². The lowest BCUT2D eigenvalue weighted by Gasteiger charge is -2.35. The van der Waals surface area contributed by atoms with Crippen molar-refractivity contribution in [3.8, 4) is 0 Å². The van der Waals surface area contributed by atoms with E-state index in [1.807, 2.05) is 30.3 Å². The minimum absolute atomic E-state index is 0.0612. The Kier molecular flexibility index (Phi) is 8.99. The van der Waals surface area contributed by atoms with Crippen LogP contribution in [0.3, 0.4) is 0 Å². The Hall–Kier alpha value is -2.12. The maximum atomic E-state index is 13.6. The monoisotopic (exact) mass is 506 g/mol. The lowest BCUT2D eigenvalue weighted by Crippen LogP contribution is -2.45. The summed E-state index contributed by atoms with van der Waals surface area (Å²) in [6.45, 7) is 6.97. The summed E-state index contributed by atoms with van der Waals surface area (Å²) in [6, 6.07) is 14.3. The molecule has 1 aliphatic rings. The Morgan fingerprint density at radius 2 is 1.85 bits per heavy atom. The molecule has 2 atom stereocenters. The summed E-state index contributed by atoms with van der Waals surface area (Å²) in [5.41, 5.74) is 0.948. The van der Waals surface area contributed by atoms with Crippen molar-refractivity contribution in [2.24, 2.45) is 0 Å². The number of amides is 1. The van der Waals surface area contributed by atoms with Crippen LogP contribution in [-0.2, 0) is 20.7 Å². The number of halogens is 2. The van der Waals surface area contributed by atoms with Crippen molar-refractivity contribution in [1.29, 1.82) is 0 Å². The van der Waals surface area contributed by atoms with Gasteiger partial charge in [0.1, 0.15) is 12.1 Å². The van der Waals surface area contributed by atoms with E-state index in [4.69, 9.17) is 27.9 Å². The lowest BCUT2D eigenvalue weighted by molar-refractivity contribution is -0.160. The fourth-order valence-electron chi connectivity index (χ4n) is 4.09. The second kappa shape index (κ2) is 11.5. The van der Waals surface area contributed by atoms with Crippen LogP contribution in [0.5, 0.6) is 0 Å². The molecule has 0 aromatic heterocycles. The van der Waals surface area contributed by atoms with Gasteiger partial charge < -0.3 is 14.7 Å². The summed E-state index contributed by atoms with van der Waals surface area (Å²) in [5.74, 6) is -0.699. The van der Waals surface area contributed by atoms with Gasteiger partial charge in [-0.1, -0.05) is 59.6 Å². The molecule has 1 heterocycles. The van der Waals surface area contributed by atoms with Gasteiger partial charge in [0.05, 0.1) is 28.6 Å². The van der Waals surface area contributed by atoms with Crippen molar-refractivity contribution in [2.75, 3.05) is 26.2 Å². The average molecular weight is 507 g/mol. The van der Waals surface area contributed by atoms with E-state index in [1.165, 1.54) is 0 Å². The van der Waals surface area contributed by atoms with Gasteiger partial charge in [-0.05, 0) is 50.5 Å². The molecule has 0 unspecified atom stereocenters. The number of esters is 1. The predicted molar refractivity (Wildman–Crippen MR) is 134 cm³/mol. The summed E-state index contributed by atoms with van der Waals surface area (Å²) in [5, 5.41) is 10.8. The molecule has 0 radical (unpaired) electrons. The normalized spacial score (nSPS) is 17.4. The first-order valence-electron chi connectivity index (χ1n) is 11.4. The quantitative estimate of drug-likeness (QED) is 0.533. The first-order chi connectivity index (χ1) is 16.0. The minimum Gasteiger partial charge on any atom is -0.459 e. The molecule has 1 fully saturated rings. The molecule has 1 N–H and O–H groups in total. The van der Waals surface area contributed by atoms with Crippen molar-refractivity contribution >= 4 is 35.1 Å². The summed E-state index contributed by atoms with van der Waals surface area (Å²) in [7, 11) is 0. The highest BCUT2D eigenvalue weighted by Crippen LogP contribution is 2.27. The topological polar surface area (TPSA) is 70.1 Å². The largest absolute Gasteiger partial charge is 0.459 e. The third kappa shape index (κ3) is 7.70. The number of hydrogen-bond acceptors (Lipinski definition) is 5. The Morgan fingerprint density at radius 3 is 2.44 bits per heavy atom. The van der Waals surface area contributed by atoms with Gasteiger partial charge in [-0.3, -0.25) is 14.5 Å². The van der Waals surface area contributed by atoms with E-state index in [0.29, 0.717) is 35.1 Å². The fourth-order valence-corrected chi connectivity index (χ4v) is 4.41. The van der Waals surface area contributed by atoms with Gasteiger partial charge in [0.15, 0.2) is 0 Å². The molecule has 184 valence electrons. The molecule has 0 spiro atoms. The van der Waals surface area contributed by atoms with E-state index in [-0.39, 0.29) is 25.0 Å². The predicted octanol–water partition coefficient (Wildman–Crippen LogP) is 4.51. The number of carbonyl (C=O) groups is 2. The molecular weight excluding hydrogens is 475 g/mol. The van der Waals surface area contributed by atoms with Crippen molar-refractivity contribution in [2.45, 2.75) is 51.4 Å². The number of hydrogen-bond donors (Lipinski definition) is 1. The number of aliphatic hydroxyl groups is 1. The lowest BCUT2D eigenvalue weighted by atomic mass is 10.0. The van der Waals surface area contributed by atoms with Gasteiger partial charge in [-0.2, -0.15) is 0 Å². The van der Waals surface area contributed by atoms with Crippen LogP contribution in [0.1, 0.15) is 44.4 Å². The van der Waals surface area contributed by atoms with E-state index in [9.17, 15) is 14.7 Å². The van der Waals surface area contributed by atoms with Gasteiger partial charge >= 0.3 is 5.97 Å². The number of β-amino-alcohol motifs (C(OH)–C–C–N with tert-alkyl or cyclic N) is 1. The number of carbonyl (C=O) groups excluding carboxylic acids is 2. The Morgan fingerprint density at radius 1 is 1.15 bits per heavy atom. The van der Waals surface area contributed by atoms with Crippen LogP contribution in [0.25, 0.3) is 0 Å². The molecule has 34 heavy (non-hydrogen) atoms. The molecule has 1 amide bonds. The van der Waals surface area contributed by atoms with E-state index >= 15 is 0 Å². The second-order valence-corrected chi connectivity index (χ2v) is 10.5. The van der Waals surface area contributed by atoms with E-state index in [0.717, 1.165) is 12.1 Å². The summed E-state index contributed by atoms with van der Waals surface area (Å²) < 4.78 is 5.55. The first-order valence-corrected chi connectivity index (χ1v) is 12.2. The van der Waals surface area contributed by atoms with Crippen molar-refractivity contribution in [3.05, 3.63) is 69.7 Å². The zero-order valence-corrected chi connectivity index (χ0v) is 21.4. The SMILES string of the molecule is CC(C)(C)OC(=O)CN(C(=O)Cc1ccc(Cl)c(Cl)c1)[C@H](CN1CC[C@H](O)C1)c1ccccc1. The molecule has 8 heteroatoms. The van der Waals surface area contributed by atoms with Gasteiger partial charge in [0.2, 0.25) is 5.91 Å². The molecule has 0 aliphatic carbocycles. The number of likely N-dealkylation sites (tertiary alicyclic amines) is 1. The molecule has 0 bridgehead atoms.